The molecule has 0 aliphatic rings. The summed E-state index contributed by atoms with van der Waals surface area (Å²) in [6.45, 7) is 0. The van der Waals surface area contributed by atoms with Gasteiger partial charge in [-0.05, 0) is 178 Å². The average Bonchev–Trinajstić information content (AvgIpc) is 3.43. The molecule has 12 rings (SSSR count). The summed E-state index contributed by atoms with van der Waals surface area (Å²) in [4.78, 5) is 9.34. The van der Waals surface area contributed by atoms with Gasteiger partial charge in [-0.15, -0.1) is 0 Å². The standard InChI is InChI=1S/C66H48N4/c1-7-19-55(20-8-1)67(56-21-9-2-10-22-56)61-37-31-51-45-63(39-33-49(51)43-61)69(59-27-15-5-16-28-59)65-41-35-54-48-66(42-36-53(54)47-65)70(60-29-17-6-18-30-60)64-40-34-50-44-62(38-32-52(50)46-64)68(57-23-11-3-12-24-57)58-25-13-4-14-26-58/h1-48H. The van der Waals surface area contributed by atoms with Crippen molar-refractivity contribution in [2.24, 2.45) is 0 Å². The van der Waals surface area contributed by atoms with Crippen molar-refractivity contribution in [1.82, 2.24) is 0 Å². The minimum absolute atomic E-state index is 1.09. The van der Waals surface area contributed by atoms with E-state index < -0.39 is 0 Å². The third-order valence-corrected chi connectivity index (χ3v) is 13.1. The van der Waals surface area contributed by atoms with Crippen LogP contribution in [0.15, 0.2) is 291 Å². The van der Waals surface area contributed by atoms with Crippen molar-refractivity contribution in [3.8, 4) is 0 Å². The van der Waals surface area contributed by atoms with E-state index in [-0.39, 0.29) is 0 Å². The fourth-order valence-electron chi connectivity index (χ4n) is 9.75. The van der Waals surface area contributed by atoms with Crippen LogP contribution in [0, 0.1) is 0 Å². The van der Waals surface area contributed by atoms with Crippen molar-refractivity contribution in [1.29, 1.82) is 0 Å². The Labute approximate surface area is 409 Å². The highest BCUT2D eigenvalue weighted by Gasteiger charge is 2.19. The number of nitrogens with zero attached hydrogens (tertiary/aromatic N) is 4. The van der Waals surface area contributed by atoms with Gasteiger partial charge in [0.15, 0.2) is 0 Å². The smallest absolute Gasteiger partial charge is 0.0468 e. The molecule has 0 saturated carbocycles. The van der Waals surface area contributed by atoms with E-state index in [1.807, 2.05) is 0 Å². The zero-order valence-electron chi connectivity index (χ0n) is 38.5. The van der Waals surface area contributed by atoms with Gasteiger partial charge in [0.1, 0.15) is 0 Å². The first-order valence-electron chi connectivity index (χ1n) is 23.8. The first-order valence-corrected chi connectivity index (χ1v) is 23.8. The normalized spacial score (nSPS) is 11.1. The molecular formula is C66H48N4. The third kappa shape index (κ3) is 8.36. The van der Waals surface area contributed by atoms with Gasteiger partial charge in [0, 0.05) is 68.2 Å². The second kappa shape index (κ2) is 18.7. The topological polar surface area (TPSA) is 13.0 Å². The van der Waals surface area contributed by atoms with Crippen molar-refractivity contribution in [2.75, 3.05) is 19.6 Å². The molecule has 332 valence electrons. The lowest BCUT2D eigenvalue weighted by Gasteiger charge is -2.28. The monoisotopic (exact) mass is 896 g/mol. The molecule has 12 aromatic rings. The number of anilines is 12. The van der Waals surface area contributed by atoms with Crippen LogP contribution in [0.4, 0.5) is 68.2 Å². The Balaban J connectivity index is 0.886. The largest absolute Gasteiger partial charge is 0.310 e. The van der Waals surface area contributed by atoms with E-state index in [9.17, 15) is 0 Å². The Bertz CT molecular complexity index is 3390. The lowest BCUT2D eigenvalue weighted by molar-refractivity contribution is 1.28. The van der Waals surface area contributed by atoms with Gasteiger partial charge in [0.25, 0.3) is 0 Å². The van der Waals surface area contributed by atoms with Gasteiger partial charge in [-0.1, -0.05) is 146 Å². The van der Waals surface area contributed by atoms with E-state index in [2.05, 4.69) is 311 Å². The number of para-hydroxylation sites is 6. The molecule has 0 aliphatic carbocycles. The van der Waals surface area contributed by atoms with E-state index in [0.717, 1.165) is 79.0 Å². The summed E-state index contributed by atoms with van der Waals surface area (Å²) >= 11 is 0. The fourth-order valence-corrected chi connectivity index (χ4v) is 9.75. The molecule has 0 N–H and O–H groups in total. The number of rotatable bonds is 12. The van der Waals surface area contributed by atoms with Crippen molar-refractivity contribution in [2.45, 2.75) is 0 Å². The molecule has 0 aromatic heterocycles. The zero-order chi connectivity index (χ0) is 46.6. The minimum Gasteiger partial charge on any atom is -0.310 e. The molecule has 0 spiro atoms. The first-order chi connectivity index (χ1) is 34.7. The number of fused-ring (bicyclic) bond motifs is 3. The molecule has 0 radical (unpaired) electrons. The molecule has 0 fully saturated rings. The molecule has 4 heteroatoms. The third-order valence-electron chi connectivity index (χ3n) is 13.1. The van der Waals surface area contributed by atoms with E-state index in [1.54, 1.807) is 0 Å². The number of benzene rings is 12. The maximum Gasteiger partial charge on any atom is 0.0468 e. The van der Waals surface area contributed by atoms with Crippen LogP contribution in [0.5, 0.6) is 0 Å². The summed E-state index contributed by atoms with van der Waals surface area (Å²) in [5, 5.41) is 7.02. The lowest BCUT2D eigenvalue weighted by atomic mass is 10.0. The van der Waals surface area contributed by atoms with Gasteiger partial charge in [-0.3, -0.25) is 0 Å². The average molecular weight is 897 g/mol. The van der Waals surface area contributed by atoms with E-state index in [4.69, 9.17) is 0 Å². The van der Waals surface area contributed by atoms with Gasteiger partial charge < -0.3 is 19.6 Å². The molecule has 0 saturated heterocycles. The van der Waals surface area contributed by atoms with Gasteiger partial charge in [0.05, 0.1) is 0 Å². The predicted octanol–water partition coefficient (Wildman–Crippen LogP) is 19.0. The van der Waals surface area contributed by atoms with E-state index in [0.29, 0.717) is 0 Å². The summed E-state index contributed by atoms with van der Waals surface area (Å²) in [7, 11) is 0. The van der Waals surface area contributed by atoms with Crippen LogP contribution < -0.4 is 19.6 Å². The molecule has 4 nitrogen and oxygen atoms in total. The summed E-state index contributed by atoms with van der Waals surface area (Å²) in [5.41, 5.74) is 13.3. The Hall–Kier alpha value is -9.38. The molecule has 0 amide bonds. The van der Waals surface area contributed by atoms with Gasteiger partial charge in [0.2, 0.25) is 0 Å². The quantitative estimate of drug-likeness (QED) is 0.121. The second-order valence-electron chi connectivity index (χ2n) is 17.5. The number of hydrogen-bond acceptors (Lipinski definition) is 4. The molecule has 0 bridgehead atoms. The lowest BCUT2D eigenvalue weighted by Crippen LogP contribution is -2.11. The zero-order valence-corrected chi connectivity index (χ0v) is 38.5. The fraction of sp³-hybridized carbons (Fsp3) is 0. The van der Waals surface area contributed by atoms with Gasteiger partial charge in [-0.25, -0.2) is 0 Å². The van der Waals surface area contributed by atoms with E-state index >= 15 is 0 Å². The molecule has 0 atom stereocenters. The Kier molecular flexibility index (Phi) is 11.2. The molecule has 0 unspecified atom stereocenters. The minimum atomic E-state index is 1.09. The predicted molar refractivity (Wildman–Crippen MR) is 298 cm³/mol. The molecule has 0 heterocycles. The maximum absolute atomic E-state index is 2.36. The van der Waals surface area contributed by atoms with Crippen molar-refractivity contribution in [3.05, 3.63) is 291 Å². The van der Waals surface area contributed by atoms with Crippen LogP contribution in [0.1, 0.15) is 0 Å². The highest BCUT2D eigenvalue weighted by Crippen LogP contribution is 2.43. The summed E-state index contributed by atoms with van der Waals surface area (Å²) in [6, 6.07) is 104. The van der Waals surface area contributed by atoms with Gasteiger partial charge >= 0.3 is 0 Å². The van der Waals surface area contributed by atoms with Crippen LogP contribution in [-0.4, -0.2) is 0 Å². The Morgan fingerprint density at radius 3 is 0.429 bits per heavy atom. The van der Waals surface area contributed by atoms with Crippen molar-refractivity contribution < 1.29 is 0 Å². The molecule has 12 aromatic carbocycles. The first kappa shape index (κ1) is 42.0. The van der Waals surface area contributed by atoms with E-state index in [1.165, 1.54) is 21.5 Å². The molecular weight excluding hydrogens is 849 g/mol. The van der Waals surface area contributed by atoms with Gasteiger partial charge in [-0.2, -0.15) is 0 Å². The van der Waals surface area contributed by atoms with Crippen LogP contribution in [0.2, 0.25) is 0 Å². The van der Waals surface area contributed by atoms with Crippen LogP contribution >= 0.6 is 0 Å². The highest BCUT2D eigenvalue weighted by molar-refractivity contribution is 5.98. The molecule has 70 heavy (non-hydrogen) atoms. The van der Waals surface area contributed by atoms with Crippen LogP contribution in [-0.2, 0) is 0 Å². The van der Waals surface area contributed by atoms with Crippen molar-refractivity contribution in [3.63, 3.8) is 0 Å². The Morgan fingerprint density at radius 2 is 0.271 bits per heavy atom. The number of hydrogen-bond donors (Lipinski definition) is 0. The molecule has 0 aliphatic heterocycles. The summed E-state index contributed by atoms with van der Waals surface area (Å²) in [6.07, 6.45) is 0. The second-order valence-corrected chi connectivity index (χ2v) is 17.5. The SMILES string of the molecule is c1ccc(N(c2ccccc2)c2ccc3cc(N(c4ccccc4)c4ccc5cc(N(c6ccccc6)c6ccc7cc(N(c8ccccc8)c8ccccc8)ccc7c6)ccc5c4)ccc3c2)cc1. The van der Waals surface area contributed by atoms with Crippen LogP contribution in [0.3, 0.4) is 0 Å². The summed E-state index contributed by atoms with van der Waals surface area (Å²) in [5.74, 6) is 0. The highest BCUT2D eigenvalue weighted by atomic mass is 15.2. The maximum atomic E-state index is 2.36. The van der Waals surface area contributed by atoms with Crippen molar-refractivity contribution >= 4 is 101 Å². The Morgan fingerprint density at radius 1 is 0.129 bits per heavy atom. The summed E-state index contributed by atoms with van der Waals surface area (Å²) < 4.78 is 0. The van der Waals surface area contributed by atoms with Crippen LogP contribution in [0.25, 0.3) is 32.3 Å².